The van der Waals surface area contributed by atoms with E-state index in [1.54, 1.807) is 18.0 Å². The summed E-state index contributed by atoms with van der Waals surface area (Å²) >= 11 is 3.47. The van der Waals surface area contributed by atoms with Crippen molar-refractivity contribution in [2.75, 3.05) is 13.1 Å². The van der Waals surface area contributed by atoms with Crippen LogP contribution in [0, 0.1) is 6.92 Å². The summed E-state index contributed by atoms with van der Waals surface area (Å²) in [6.07, 6.45) is 3.68. The fraction of sp³-hybridized carbons (Fsp3) is 0.438. The van der Waals surface area contributed by atoms with E-state index in [1.165, 1.54) is 6.92 Å². The van der Waals surface area contributed by atoms with Crippen LogP contribution < -0.4 is 5.32 Å². The summed E-state index contributed by atoms with van der Waals surface area (Å²) in [7, 11) is 0. The second kappa shape index (κ2) is 7.76. The molecule has 0 aliphatic heterocycles. The summed E-state index contributed by atoms with van der Waals surface area (Å²) in [5.74, 6) is -1.03. The van der Waals surface area contributed by atoms with Crippen molar-refractivity contribution in [1.29, 1.82) is 0 Å². The van der Waals surface area contributed by atoms with Gasteiger partial charge in [0, 0.05) is 37.2 Å². The number of aromatic nitrogens is 2. The molecule has 7 nitrogen and oxygen atoms in total. The van der Waals surface area contributed by atoms with Gasteiger partial charge >= 0.3 is 5.97 Å². The molecule has 0 aromatic carbocycles. The van der Waals surface area contributed by atoms with E-state index in [4.69, 9.17) is 0 Å². The number of carboxylic acid groups (broad SMARTS) is 1. The highest BCUT2D eigenvalue weighted by Gasteiger charge is 2.22. The number of nitrogens with zero attached hydrogens (tertiary/aromatic N) is 3. The minimum Gasteiger partial charge on any atom is -0.480 e. The summed E-state index contributed by atoms with van der Waals surface area (Å²) in [5.41, 5.74) is 2.77. The molecule has 1 amide bonds. The highest BCUT2D eigenvalue weighted by Crippen LogP contribution is 2.19. The number of aliphatic carboxylic acids is 1. The van der Waals surface area contributed by atoms with E-state index in [1.807, 2.05) is 23.6 Å². The zero-order valence-corrected chi connectivity index (χ0v) is 15.5. The number of nitrogens with one attached hydrogen (secondary N) is 1. The molecule has 2 rings (SSSR count). The number of rotatable bonds is 7. The van der Waals surface area contributed by atoms with E-state index >= 15 is 0 Å². The zero-order valence-electron chi connectivity index (χ0n) is 13.9. The van der Waals surface area contributed by atoms with E-state index in [-0.39, 0.29) is 5.91 Å². The van der Waals surface area contributed by atoms with Gasteiger partial charge in [0.15, 0.2) is 0 Å². The first kappa shape index (κ1) is 18.4. The van der Waals surface area contributed by atoms with Gasteiger partial charge in [-0.2, -0.15) is 0 Å². The van der Waals surface area contributed by atoms with Gasteiger partial charge in [0.1, 0.15) is 11.7 Å². The lowest BCUT2D eigenvalue weighted by atomic mass is 10.2. The largest absolute Gasteiger partial charge is 0.480 e. The predicted molar refractivity (Wildman–Crippen MR) is 93.8 cm³/mol. The van der Waals surface area contributed by atoms with Crippen molar-refractivity contribution in [2.24, 2.45) is 0 Å². The van der Waals surface area contributed by atoms with Crippen molar-refractivity contribution in [3.8, 4) is 0 Å². The standard InChI is InChI=1S/C16H21BrN4O3/c1-10-6-13(17)8-21-14(7-19-15(10)21)9-20(11(2)16(23)24)5-4-18-12(3)22/h6-8,11H,4-5,9H2,1-3H3,(H,18,22)(H,23,24). The first-order chi connectivity index (χ1) is 11.3. The molecule has 2 N–H and O–H groups in total. The molecule has 0 aliphatic carbocycles. The molecule has 1 unspecified atom stereocenters. The average Bonchev–Trinajstić information content (AvgIpc) is 2.88. The van der Waals surface area contributed by atoms with Crippen molar-refractivity contribution < 1.29 is 14.7 Å². The lowest BCUT2D eigenvalue weighted by Crippen LogP contribution is -2.43. The van der Waals surface area contributed by atoms with Gasteiger partial charge in [-0.25, -0.2) is 4.98 Å². The Bertz CT molecular complexity index is 759. The fourth-order valence-corrected chi connectivity index (χ4v) is 3.08. The number of imidazole rings is 1. The van der Waals surface area contributed by atoms with Gasteiger partial charge in [0.2, 0.25) is 5.91 Å². The Balaban J connectivity index is 2.25. The van der Waals surface area contributed by atoms with E-state index < -0.39 is 12.0 Å². The molecule has 8 heteroatoms. The maximum absolute atomic E-state index is 11.4. The number of halogens is 1. The Morgan fingerprint density at radius 2 is 2.21 bits per heavy atom. The van der Waals surface area contributed by atoms with Crippen LogP contribution in [0.2, 0.25) is 0 Å². The molecule has 0 aliphatic rings. The third-order valence-electron chi connectivity index (χ3n) is 3.88. The van der Waals surface area contributed by atoms with Crippen LogP contribution in [-0.2, 0) is 16.1 Å². The molecule has 1 atom stereocenters. The van der Waals surface area contributed by atoms with Crippen molar-refractivity contribution >= 4 is 33.5 Å². The molecule has 130 valence electrons. The average molecular weight is 397 g/mol. The number of aryl methyl sites for hydroxylation is 1. The predicted octanol–water partition coefficient (Wildman–Crippen LogP) is 1.82. The maximum atomic E-state index is 11.4. The molecule has 0 saturated carbocycles. The molecule has 2 aromatic rings. The molecular formula is C16H21BrN4O3. The van der Waals surface area contributed by atoms with Crippen LogP contribution in [0.1, 0.15) is 25.1 Å². The van der Waals surface area contributed by atoms with Crippen molar-refractivity contribution in [2.45, 2.75) is 33.4 Å². The molecule has 2 aromatic heterocycles. The molecule has 0 spiro atoms. The minimum absolute atomic E-state index is 0.132. The summed E-state index contributed by atoms with van der Waals surface area (Å²) < 4.78 is 2.89. The number of amides is 1. The van der Waals surface area contributed by atoms with Crippen molar-refractivity contribution in [1.82, 2.24) is 19.6 Å². The van der Waals surface area contributed by atoms with Gasteiger partial charge in [0.25, 0.3) is 0 Å². The Hall–Kier alpha value is -1.93. The zero-order chi connectivity index (χ0) is 17.9. The number of pyridine rings is 1. The molecular weight excluding hydrogens is 376 g/mol. The summed E-state index contributed by atoms with van der Waals surface area (Å²) in [4.78, 5) is 28.6. The topological polar surface area (TPSA) is 86.9 Å². The van der Waals surface area contributed by atoms with E-state index in [0.29, 0.717) is 19.6 Å². The van der Waals surface area contributed by atoms with Crippen molar-refractivity contribution in [3.05, 3.63) is 34.2 Å². The van der Waals surface area contributed by atoms with E-state index in [0.717, 1.165) is 21.4 Å². The monoisotopic (exact) mass is 396 g/mol. The second-order valence-corrected chi connectivity index (χ2v) is 6.67. The number of hydrogen-bond donors (Lipinski definition) is 2. The normalized spacial score (nSPS) is 12.5. The van der Waals surface area contributed by atoms with E-state index in [9.17, 15) is 14.7 Å². The highest BCUT2D eigenvalue weighted by molar-refractivity contribution is 9.10. The Labute approximate surface area is 148 Å². The minimum atomic E-state index is -0.899. The third kappa shape index (κ3) is 4.33. The smallest absolute Gasteiger partial charge is 0.320 e. The summed E-state index contributed by atoms with van der Waals surface area (Å²) in [6, 6.07) is 1.32. The Morgan fingerprint density at radius 1 is 1.50 bits per heavy atom. The van der Waals surface area contributed by atoms with Gasteiger partial charge in [0.05, 0.1) is 11.9 Å². The lowest BCUT2D eigenvalue weighted by molar-refractivity contribution is -0.142. The van der Waals surface area contributed by atoms with Gasteiger partial charge < -0.3 is 14.8 Å². The SMILES string of the molecule is CC(=O)NCCN(Cc1cnc2c(C)cc(Br)cn12)C(C)C(=O)O. The number of carbonyl (C=O) groups is 2. The second-order valence-electron chi connectivity index (χ2n) is 5.75. The highest BCUT2D eigenvalue weighted by atomic mass is 79.9. The molecule has 24 heavy (non-hydrogen) atoms. The van der Waals surface area contributed by atoms with Crippen LogP contribution in [0.3, 0.4) is 0 Å². The quantitative estimate of drug-likeness (QED) is 0.745. The first-order valence-corrected chi connectivity index (χ1v) is 8.42. The number of fused-ring (bicyclic) bond motifs is 1. The van der Waals surface area contributed by atoms with Gasteiger partial charge in [-0.1, -0.05) is 0 Å². The van der Waals surface area contributed by atoms with Gasteiger partial charge in [-0.3, -0.25) is 14.5 Å². The third-order valence-corrected chi connectivity index (χ3v) is 4.31. The van der Waals surface area contributed by atoms with E-state index in [2.05, 4.69) is 26.2 Å². The Morgan fingerprint density at radius 3 is 2.83 bits per heavy atom. The lowest BCUT2D eigenvalue weighted by Gasteiger charge is -2.26. The van der Waals surface area contributed by atoms with Crippen LogP contribution in [0.25, 0.3) is 5.65 Å². The van der Waals surface area contributed by atoms with Gasteiger partial charge in [-0.05, 0) is 41.4 Å². The number of carbonyl (C=O) groups excluding carboxylic acids is 1. The van der Waals surface area contributed by atoms with Crippen LogP contribution in [0.5, 0.6) is 0 Å². The summed E-state index contributed by atoms with van der Waals surface area (Å²) in [6.45, 7) is 6.31. The summed E-state index contributed by atoms with van der Waals surface area (Å²) in [5, 5.41) is 12.0. The van der Waals surface area contributed by atoms with Gasteiger partial charge in [-0.15, -0.1) is 0 Å². The molecule has 0 saturated heterocycles. The molecule has 0 fully saturated rings. The number of hydrogen-bond acceptors (Lipinski definition) is 4. The van der Waals surface area contributed by atoms with Crippen LogP contribution >= 0.6 is 15.9 Å². The van der Waals surface area contributed by atoms with Crippen LogP contribution in [-0.4, -0.2) is 50.4 Å². The number of carboxylic acids is 1. The van der Waals surface area contributed by atoms with Crippen molar-refractivity contribution in [3.63, 3.8) is 0 Å². The van der Waals surface area contributed by atoms with Crippen LogP contribution in [0.15, 0.2) is 22.9 Å². The Kier molecular flexibility index (Phi) is 5.95. The first-order valence-electron chi connectivity index (χ1n) is 7.63. The molecule has 0 radical (unpaired) electrons. The maximum Gasteiger partial charge on any atom is 0.320 e. The molecule has 2 heterocycles. The van der Waals surface area contributed by atoms with Crippen LogP contribution in [0.4, 0.5) is 0 Å². The fourth-order valence-electron chi connectivity index (χ4n) is 2.53. The molecule has 0 bridgehead atoms.